The minimum Gasteiger partial charge on any atom is -0.384 e. The molecule has 9 heteroatoms. The summed E-state index contributed by atoms with van der Waals surface area (Å²) in [5, 5.41) is 9.09. The Balaban J connectivity index is 1.58. The van der Waals surface area contributed by atoms with Crippen molar-refractivity contribution in [1.82, 2.24) is 9.88 Å². The molecule has 1 amide bonds. The van der Waals surface area contributed by atoms with Gasteiger partial charge in [0.05, 0.1) is 29.4 Å². The van der Waals surface area contributed by atoms with Crippen LogP contribution < -0.4 is 4.90 Å². The van der Waals surface area contributed by atoms with Crippen LogP contribution in [-0.2, 0) is 10.9 Å². The standard InChI is InChI=1S/C24H25F3N4O2/c1-16-3-4-18(11-29-16)22(32)30-8-7-23(15-33-2)14-31(13-19(23)12-30)20-6-5-17(10-28)21(9-20)24(25,26)27/h3-6,9,11,19H,7-8,12-15H2,1-2H3/t19-,23+/m1/s1. The van der Waals surface area contributed by atoms with Crippen molar-refractivity contribution >= 4 is 11.6 Å². The van der Waals surface area contributed by atoms with E-state index in [0.29, 0.717) is 50.5 Å². The molecule has 174 valence electrons. The summed E-state index contributed by atoms with van der Waals surface area (Å²) in [6.45, 7) is 4.39. The average Bonchev–Trinajstić information content (AvgIpc) is 3.17. The van der Waals surface area contributed by atoms with Crippen LogP contribution in [0.15, 0.2) is 36.5 Å². The molecule has 0 aliphatic carbocycles. The first-order valence-electron chi connectivity index (χ1n) is 10.7. The fourth-order valence-electron chi connectivity index (χ4n) is 5.03. The normalized spacial score (nSPS) is 22.7. The number of amides is 1. The summed E-state index contributed by atoms with van der Waals surface area (Å²) in [6.07, 6.45) is -2.34. The van der Waals surface area contributed by atoms with Gasteiger partial charge in [0.25, 0.3) is 5.91 Å². The van der Waals surface area contributed by atoms with E-state index >= 15 is 0 Å². The highest BCUT2D eigenvalue weighted by atomic mass is 19.4. The number of anilines is 1. The number of aryl methyl sites for hydroxylation is 1. The van der Waals surface area contributed by atoms with E-state index in [1.54, 1.807) is 42.5 Å². The molecule has 0 bridgehead atoms. The maximum atomic E-state index is 13.5. The highest BCUT2D eigenvalue weighted by molar-refractivity contribution is 5.94. The Morgan fingerprint density at radius 3 is 2.73 bits per heavy atom. The number of pyridine rings is 1. The summed E-state index contributed by atoms with van der Waals surface area (Å²) in [5.41, 5.74) is 0.197. The number of benzene rings is 1. The molecule has 2 aliphatic rings. The van der Waals surface area contributed by atoms with Crippen molar-refractivity contribution < 1.29 is 22.7 Å². The van der Waals surface area contributed by atoms with E-state index in [0.717, 1.165) is 11.8 Å². The fraction of sp³-hybridized carbons (Fsp3) is 0.458. The second-order valence-electron chi connectivity index (χ2n) is 8.90. The van der Waals surface area contributed by atoms with Gasteiger partial charge >= 0.3 is 6.18 Å². The SMILES string of the molecule is COC[C@@]12CCN(C(=O)c3ccc(C)nc3)C[C@@H]1CN(c1ccc(C#N)c(C(F)(F)F)c1)C2. The van der Waals surface area contributed by atoms with E-state index in [9.17, 15) is 18.0 Å². The first kappa shape index (κ1) is 23.1. The van der Waals surface area contributed by atoms with Gasteiger partial charge in [-0.1, -0.05) is 0 Å². The quantitative estimate of drug-likeness (QED) is 0.695. The summed E-state index contributed by atoms with van der Waals surface area (Å²) in [5.74, 6) is -0.0526. The molecule has 4 rings (SSSR count). The largest absolute Gasteiger partial charge is 0.417 e. The lowest BCUT2D eigenvalue weighted by Gasteiger charge is -2.43. The van der Waals surface area contributed by atoms with Crippen LogP contribution in [0.3, 0.4) is 0 Å². The molecule has 0 radical (unpaired) electrons. The van der Waals surface area contributed by atoms with E-state index in [1.807, 2.05) is 11.8 Å². The zero-order valence-corrected chi connectivity index (χ0v) is 18.5. The van der Waals surface area contributed by atoms with Gasteiger partial charge in [0, 0.05) is 62.2 Å². The van der Waals surface area contributed by atoms with Gasteiger partial charge in [-0.2, -0.15) is 18.4 Å². The molecule has 0 unspecified atom stereocenters. The number of piperidine rings is 1. The number of methoxy groups -OCH3 is 1. The minimum absolute atomic E-state index is 0.0403. The summed E-state index contributed by atoms with van der Waals surface area (Å²) in [6, 6.07) is 9.03. The Labute approximate surface area is 190 Å². The van der Waals surface area contributed by atoms with E-state index < -0.39 is 17.3 Å². The Morgan fingerprint density at radius 2 is 2.09 bits per heavy atom. The molecule has 2 atom stereocenters. The second kappa shape index (κ2) is 8.67. The first-order chi connectivity index (χ1) is 15.7. The molecule has 1 aromatic carbocycles. The van der Waals surface area contributed by atoms with Crippen LogP contribution in [0.1, 0.15) is 33.6 Å². The van der Waals surface area contributed by atoms with Gasteiger partial charge in [-0.25, -0.2) is 0 Å². The number of halogens is 3. The summed E-state index contributed by atoms with van der Waals surface area (Å²) >= 11 is 0. The molecule has 33 heavy (non-hydrogen) atoms. The number of alkyl halides is 3. The lowest BCUT2D eigenvalue weighted by atomic mass is 9.73. The third-order valence-corrected chi connectivity index (χ3v) is 6.80. The Morgan fingerprint density at radius 1 is 1.30 bits per heavy atom. The van der Waals surface area contributed by atoms with Gasteiger partial charge in [0.1, 0.15) is 0 Å². The molecule has 0 saturated carbocycles. The number of nitriles is 1. The maximum Gasteiger partial charge on any atom is 0.417 e. The number of hydrogen-bond donors (Lipinski definition) is 0. The molecule has 2 aromatic rings. The van der Waals surface area contributed by atoms with E-state index in [2.05, 4.69) is 4.98 Å². The topological polar surface area (TPSA) is 69.5 Å². The zero-order valence-electron chi connectivity index (χ0n) is 18.5. The Bertz CT molecular complexity index is 1080. The molecule has 6 nitrogen and oxygen atoms in total. The average molecular weight is 458 g/mol. The van der Waals surface area contributed by atoms with E-state index in [4.69, 9.17) is 10.00 Å². The summed E-state index contributed by atoms with van der Waals surface area (Å²) < 4.78 is 46.0. The predicted octanol–water partition coefficient (Wildman–Crippen LogP) is 3.90. The van der Waals surface area contributed by atoms with Gasteiger partial charge in [-0.3, -0.25) is 9.78 Å². The number of likely N-dealkylation sites (tertiary alicyclic amines) is 1. The van der Waals surface area contributed by atoms with Gasteiger partial charge < -0.3 is 14.5 Å². The Hall–Kier alpha value is -3.12. The predicted molar refractivity (Wildman–Crippen MR) is 116 cm³/mol. The Kier molecular flexibility index (Phi) is 6.06. The number of carbonyl (C=O) groups is 1. The van der Waals surface area contributed by atoms with Gasteiger partial charge in [-0.05, 0) is 43.7 Å². The molecule has 2 aliphatic heterocycles. The van der Waals surface area contributed by atoms with Crippen molar-refractivity contribution in [3.8, 4) is 6.07 Å². The van der Waals surface area contributed by atoms with Crippen LogP contribution in [0.25, 0.3) is 0 Å². The molecule has 1 aromatic heterocycles. The second-order valence-corrected chi connectivity index (χ2v) is 8.90. The number of fused-ring (bicyclic) bond motifs is 1. The minimum atomic E-state index is -4.61. The van der Waals surface area contributed by atoms with Crippen molar-refractivity contribution in [3.05, 3.63) is 58.9 Å². The maximum absolute atomic E-state index is 13.5. The van der Waals surface area contributed by atoms with Crippen LogP contribution >= 0.6 is 0 Å². The highest BCUT2D eigenvalue weighted by Crippen LogP contribution is 2.45. The molecule has 0 spiro atoms. The van der Waals surface area contributed by atoms with E-state index in [1.165, 1.54) is 6.07 Å². The van der Waals surface area contributed by atoms with Crippen molar-refractivity contribution in [3.63, 3.8) is 0 Å². The fourth-order valence-corrected chi connectivity index (χ4v) is 5.03. The van der Waals surface area contributed by atoms with Crippen LogP contribution in [-0.4, -0.2) is 55.7 Å². The van der Waals surface area contributed by atoms with Crippen LogP contribution in [0.4, 0.5) is 18.9 Å². The first-order valence-corrected chi connectivity index (χ1v) is 10.7. The number of ether oxygens (including phenoxy) is 1. The van der Waals surface area contributed by atoms with Crippen molar-refractivity contribution in [1.29, 1.82) is 5.26 Å². The number of rotatable bonds is 4. The van der Waals surface area contributed by atoms with Gasteiger partial charge in [-0.15, -0.1) is 0 Å². The van der Waals surface area contributed by atoms with Crippen LogP contribution in [0.5, 0.6) is 0 Å². The highest BCUT2D eigenvalue weighted by Gasteiger charge is 2.50. The third-order valence-electron chi connectivity index (χ3n) is 6.80. The van der Waals surface area contributed by atoms with Crippen molar-refractivity contribution in [2.45, 2.75) is 19.5 Å². The molecular weight excluding hydrogens is 433 g/mol. The van der Waals surface area contributed by atoms with E-state index in [-0.39, 0.29) is 17.2 Å². The number of hydrogen-bond acceptors (Lipinski definition) is 5. The third kappa shape index (κ3) is 4.40. The lowest BCUT2D eigenvalue weighted by Crippen LogP contribution is -2.50. The van der Waals surface area contributed by atoms with Crippen molar-refractivity contribution in [2.24, 2.45) is 11.3 Å². The molecule has 2 saturated heterocycles. The summed E-state index contributed by atoms with van der Waals surface area (Å²) in [4.78, 5) is 21.0. The number of aromatic nitrogens is 1. The molecular formula is C24H25F3N4O2. The van der Waals surface area contributed by atoms with Gasteiger partial charge in [0.2, 0.25) is 0 Å². The monoisotopic (exact) mass is 458 g/mol. The number of nitrogens with zero attached hydrogens (tertiary/aromatic N) is 4. The molecule has 2 fully saturated rings. The van der Waals surface area contributed by atoms with Gasteiger partial charge in [0.15, 0.2) is 0 Å². The lowest BCUT2D eigenvalue weighted by molar-refractivity contribution is -0.137. The molecule has 0 N–H and O–H groups in total. The van der Waals surface area contributed by atoms with Crippen LogP contribution in [0.2, 0.25) is 0 Å². The number of carbonyl (C=O) groups excluding carboxylic acids is 1. The molecule has 3 heterocycles. The van der Waals surface area contributed by atoms with Crippen molar-refractivity contribution in [2.75, 3.05) is 44.8 Å². The van der Waals surface area contributed by atoms with Crippen LogP contribution in [0, 0.1) is 29.6 Å². The smallest absolute Gasteiger partial charge is 0.384 e. The zero-order chi connectivity index (χ0) is 23.8. The summed E-state index contributed by atoms with van der Waals surface area (Å²) in [7, 11) is 1.62.